The lowest BCUT2D eigenvalue weighted by Crippen LogP contribution is -2.32. The van der Waals surface area contributed by atoms with Gasteiger partial charge in [-0.15, -0.1) is 0 Å². The molecule has 3 N–H and O–H groups in total. The minimum atomic E-state index is 0.00787. The van der Waals surface area contributed by atoms with E-state index in [2.05, 4.69) is 30.3 Å². The fourth-order valence-corrected chi connectivity index (χ4v) is 4.37. The maximum atomic E-state index is 9.76. The van der Waals surface area contributed by atoms with Gasteiger partial charge in [0.05, 0.1) is 6.61 Å². The fraction of sp³-hybridized carbons (Fsp3) is 0.625. The lowest BCUT2D eigenvalue weighted by atomic mass is 9.69. The van der Waals surface area contributed by atoms with Crippen molar-refractivity contribution in [3.63, 3.8) is 0 Å². The molecule has 0 saturated heterocycles. The Morgan fingerprint density at radius 3 is 2.61 bits per heavy atom. The van der Waals surface area contributed by atoms with Crippen LogP contribution in [0, 0.1) is 10.8 Å². The number of hydrogen-bond acceptors (Lipinski definition) is 2. The zero-order valence-corrected chi connectivity index (χ0v) is 10.9. The van der Waals surface area contributed by atoms with Crippen molar-refractivity contribution in [1.82, 2.24) is 0 Å². The Kier molecular flexibility index (Phi) is 2.95. The summed E-state index contributed by atoms with van der Waals surface area (Å²) >= 11 is 0. The Balaban J connectivity index is 1.94. The summed E-state index contributed by atoms with van der Waals surface area (Å²) in [5.74, 6) is 0.600. The Labute approximate surface area is 109 Å². The van der Waals surface area contributed by atoms with Gasteiger partial charge in [-0.05, 0) is 36.2 Å². The Bertz CT molecular complexity index is 412. The molecule has 98 valence electrons. The smallest absolute Gasteiger partial charge is 0.0505 e. The molecule has 1 aromatic carbocycles. The van der Waals surface area contributed by atoms with Crippen LogP contribution in [0.1, 0.15) is 43.6 Å². The molecule has 3 rings (SSSR count). The van der Waals surface area contributed by atoms with Gasteiger partial charge in [0.15, 0.2) is 0 Å². The van der Waals surface area contributed by atoms with Gasteiger partial charge in [-0.25, -0.2) is 0 Å². The fourth-order valence-electron chi connectivity index (χ4n) is 4.37. The number of aliphatic hydroxyl groups is 1. The van der Waals surface area contributed by atoms with E-state index in [0.717, 1.165) is 6.42 Å². The molecule has 0 aromatic heterocycles. The van der Waals surface area contributed by atoms with Gasteiger partial charge in [0.2, 0.25) is 0 Å². The molecule has 0 amide bonds. The largest absolute Gasteiger partial charge is 0.396 e. The van der Waals surface area contributed by atoms with Crippen molar-refractivity contribution in [3.8, 4) is 0 Å². The Morgan fingerprint density at radius 2 is 2.00 bits per heavy atom. The molecule has 2 nitrogen and oxygen atoms in total. The van der Waals surface area contributed by atoms with Crippen LogP contribution >= 0.6 is 0 Å². The van der Waals surface area contributed by atoms with Gasteiger partial charge in [-0.3, -0.25) is 0 Å². The van der Waals surface area contributed by atoms with Crippen LogP contribution in [0.15, 0.2) is 30.3 Å². The molecule has 2 fully saturated rings. The zero-order chi connectivity index (χ0) is 12.6. The van der Waals surface area contributed by atoms with E-state index in [1.54, 1.807) is 0 Å². The van der Waals surface area contributed by atoms with Crippen LogP contribution in [-0.2, 0) is 0 Å². The average Bonchev–Trinajstić information content (AvgIpc) is 3.09. The maximum Gasteiger partial charge on any atom is 0.0505 e. The summed E-state index contributed by atoms with van der Waals surface area (Å²) in [6.45, 7) is 0.889. The summed E-state index contributed by atoms with van der Waals surface area (Å²) in [5.41, 5.74) is 7.71. The highest BCUT2D eigenvalue weighted by atomic mass is 16.3. The molecular weight excluding hydrogens is 222 g/mol. The molecule has 1 aromatic rings. The highest BCUT2D eigenvalue weighted by Crippen LogP contribution is 2.74. The van der Waals surface area contributed by atoms with E-state index in [1.165, 1.54) is 31.2 Å². The first-order valence-electron chi connectivity index (χ1n) is 7.14. The first kappa shape index (κ1) is 12.2. The molecule has 2 aliphatic carbocycles. The molecule has 18 heavy (non-hydrogen) atoms. The van der Waals surface area contributed by atoms with Gasteiger partial charge in [0.1, 0.15) is 0 Å². The van der Waals surface area contributed by atoms with Gasteiger partial charge < -0.3 is 10.8 Å². The van der Waals surface area contributed by atoms with Crippen LogP contribution in [0.25, 0.3) is 0 Å². The number of rotatable bonds is 3. The zero-order valence-electron chi connectivity index (χ0n) is 10.9. The van der Waals surface area contributed by atoms with E-state index in [-0.39, 0.29) is 17.4 Å². The van der Waals surface area contributed by atoms with Crippen molar-refractivity contribution in [2.75, 3.05) is 13.2 Å². The second-order valence-corrected chi connectivity index (χ2v) is 6.18. The van der Waals surface area contributed by atoms with Crippen molar-refractivity contribution in [1.29, 1.82) is 0 Å². The number of nitrogens with two attached hydrogens (primary N) is 1. The standard InChI is InChI=1S/C16H23NO/c17-11-15(12-18)10-16(15)9-5-4-8-14(16)13-6-2-1-3-7-13/h1-3,6-7,14,18H,4-5,8-12,17H2. The molecule has 0 heterocycles. The van der Waals surface area contributed by atoms with Crippen molar-refractivity contribution >= 4 is 0 Å². The third kappa shape index (κ3) is 1.55. The normalized spacial score (nSPS) is 38.9. The Morgan fingerprint density at radius 1 is 1.22 bits per heavy atom. The van der Waals surface area contributed by atoms with Crippen LogP contribution < -0.4 is 5.73 Å². The molecule has 2 saturated carbocycles. The van der Waals surface area contributed by atoms with Crippen LogP contribution in [0.2, 0.25) is 0 Å². The van der Waals surface area contributed by atoms with Gasteiger partial charge in [0.25, 0.3) is 0 Å². The lowest BCUT2D eigenvalue weighted by Gasteiger charge is -2.36. The van der Waals surface area contributed by atoms with Crippen molar-refractivity contribution in [2.45, 2.75) is 38.0 Å². The van der Waals surface area contributed by atoms with Gasteiger partial charge in [-0.1, -0.05) is 43.2 Å². The molecule has 0 radical (unpaired) electrons. The van der Waals surface area contributed by atoms with Crippen LogP contribution in [-0.4, -0.2) is 18.3 Å². The molecule has 2 aliphatic rings. The monoisotopic (exact) mass is 245 g/mol. The molecule has 2 heteroatoms. The summed E-state index contributed by atoms with van der Waals surface area (Å²) in [4.78, 5) is 0. The quantitative estimate of drug-likeness (QED) is 0.860. The molecule has 1 spiro atoms. The van der Waals surface area contributed by atoms with Crippen LogP contribution in [0.4, 0.5) is 0 Å². The average molecular weight is 245 g/mol. The van der Waals surface area contributed by atoms with Crippen LogP contribution in [0.5, 0.6) is 0 Å². The first-order chi connectivity index (χ1) is 8.78. The third-order valence-electron chi connectivity index (χ3n) is 5.51. The summed E-state index contributed by atoms with van der Waals surface area (Å²) < 4.78 is 0. The number of benzene rings is 1. The molecular formula is C16H23NO. The molecule has 0 bridgehead atoms. The van der Waals surface area contributed by atoms with Crippen molar-refractivity contribution in [2.24, 2.45) is 16.6 Å². The van der Waals surface area contributed by atoms with Crippen molar-refractivity contribution in [3.05, 3.63) is 35.9 Å². The third-order valence-corrected chi connectivity index (χ3v) is 5.51. The Hall–Kier alpha value is -0.860. The predicted molar refractivity (Wildman–Crippen MR) is 73.3 cm³/mol. The van der Waals surface area contributed by atoms with E-state index in [0.29, 0.717) is 12.5 Å². The second-order valence-electron chi connectivity index (χ2n) is 6.18. The minimum absolute atomic E-state index is 0.00787. The minimum Gasteiger partial charge on any atom is -0.396 e. The summed E-state index contributed by atoms with van der Waals surface area (Å²) in [5, 5.41) is 9.76. The second kappa shape index (κ2) is 4.36. The molecule has 3 unspecified atom stereocenters. The van der Waals surface area contributed by atoms with E-state index >= 15 is 0 Å². The van der Waals surface area contributed by atoms with Gasteiger partial charge >= 0.3 is 0 Å². The molecule has 0 aliphatic heterocycles. The predicted octanol–water partition coefficient (Wildman–Crippen LogP) is 2.67. The summed E-state index contributed by atoms with van der Waals surface area (Å²) in [6.07, 6.45) is 6.22. The van der Waals surface area contributed by atoms with E-state index < -0.39 is 0 Å². The highest BCUT2D eigenvalue weighted by molar-refractivity contribution is 5.31. The first-order valence-corrected chi connectivity index (χ1v) is 7.14. The topological polar surface area (TPSA) is 46.2 Å². The summed E-state index contributed by atoms with van der Waals surface area (Å²) in [6, 6.07) is 10.8. The molecule has 3 atom stereocenters. The SMILES string of the molecule is NCC1(CO)CC12CCCCC2c1ccccc1. The van der Waals surface area contributed by atoms with Crippen molar-refractivity contribution < 1.29 is 5.11 Å². The van der Waals surface area contributed by atoms with Gasteiger partial charge in [0, 0.05) is 12.0 Å². The van der Waals surface area contributed by atoms with E-state index in [4.69, 9.17) is 5.73 Å². The number of hydrogen-bond donors (Lipinski definition) is 2. The van der Waals surface area contributed by atoms with Gasteiger partial charge in [-0.2, -0.15) is 0 Å². The maximum absolute atomic E-state index is 9.76. The highest BCUT2D eigenvalue weighted by Gasteiger charge is 2.69. The number of aliphatic hydroxyl groups excluding tert-OH is 1. The lowest BCUT2D eigenvalue weighted by molar-refractivity contribution is 0.136. The summed E-state index contributed by atoms with van der Waals surface area (Å²) in [7, 11) is 0. The van der Waals surface area contributed by atoms with E-state index in [9.17, 15) is 5.11 Å². The van der Waals surface area contributed by atoms with Crippen LogP contribution in [0.3, 0.4) is 0 Å². The van der Waals surface area contributed by atoms with E-state index in [1.807, 2.05) is 0 Å².